The molecule has 1 heterocycles. The summed E-state index contributed by atoms with van der Waals surface area (Å²) in [6, 6.07) is 17.5. The van der Waals surface area contributed by atoms with Gasteiger partial charge < -0.3 is 10.1 Å². The van der Waals surface area contributed by atoms with Crippen molar-refractivity contribution in [3.8, 4) is 5.75 Å². The van der Waals surface area contributed by atoms with Crippen LogP contribution < -0.4 is 10.1 Å². The molecule has 156 valence electrons. The number of hydrogen-bond acceptors (Lipinski definition) is 4. The standard InChI is InChI=1S/C23H15F2IN2O2S/c24-16-4-1-14(2-5-16)13-30-20-10-3-15(11-19(20)26)12-21-22(29)28-23(31-21)27-18-8-6-17(25)7-9-18/h1-12H,13H2,(H,27,28,29)/b21-12+. The Balaban J connectivity index is 1.44. The van der Waals surface area contributed by atoms with Crippen molar-refractivity contribution in [3.63, 3.8) is 0 Å². The Morgan fingerprint density at radius 2 is 1.68 bits per heavy atom. The molecule has 0 saturated carbocycles. The monoisotopic (exact) mass is 548 g/mol. The third-order valence-electron chi connectivity index (χ3n) is 4.27. The van der Waals surface area contributed by atoms with Crippen molar-refractivity contribution in [3.05, 3.63) is 98.0 Å². The summed E-state index contributed by atoms with van der Waals surface area (Å²) >= 11 is 3.40. The Morgan fingerprint density at radius 1 is 1.00 bits per heavy atom. The fraction of sp³-hybridized carbons (Fsp3) is 0.0435. The van der Waals surface area contributed by atoms with Gasteiger partial charge in [-0.1, -0.05) is 18.2 Å². The molecular formula is C23H15F2IN2O2S. The second-order valence-electron chi connectivity index (χ2n) is 6.56. The van der Waals surface area contributed by atoms with Crippen molar-refractivity contribution in [1.29, 1.82) is 0 Å². The zero-order valence-corrected chi connectivity index (χ0v) is 18.9. The number of nitrogens with one attached hydrogen (secondary N) is 1. The minimum Gasteiger partial charge on any atom is -0.488 e. The average molecular weight is 548 g/mol. The predicted octanol–water partition coefficient (Wildman–Crippen LogP) is 6.04. The van der Waals surface area contributed by atoms with Crippen LogP contribution in [0.2, 0.25) is 0 Å². The van der Waals surface area contributed by atoms with Crippen LogP contribution >= 0.6 is 34.4 Å². The lowest BCUT2D eigenvalue weighted by atomic mass is 10.2. The quantitative estimate of drug-likeness (QED) is 0.313. The minimum atomic E-state index is -0.340. The van der Waals surface area contributed by atoms with Crippen LogP contribution in [-0.4, -0.2) is 11.1 Å². The first kappa shape index (κ1) is 21.5. The Kier molecular flexibility index (Phi) is 6.67. The minimum absolute atomic E-state index is 0.238. The van der Waals surface area contributed by atoms with Crippen LogP contribution in [0.1, 0.15) is 11.1 Å². The number of thioether (sulfide) groups is 1. The van der Waals surface area contributed by atoms with E-state index in [-0.39, 0.29) is 17.5 Å². The lowest BCUT2D eigenvalue weighted by Gasteiger charge is -2.09. The maximum atomic E-state index is 13.0. The van der Waals surface area contributed by atoms with Crippen LogP contribution in [0.3, 0.4) is 0 Å². The zero-order chi connectivity index (χ0) is 21.8. The fourth-order valence-electron chi connectivity index (χ4n) is 2.73. The zero-order valence-electron chi connectivity index (χ0n) is 15.9. The molecule has 0 radical (unpaired) electrons. The lowest BCUT2D eigenvalue weighted by Crippen LogP contribution is -2.19. The van der Waals surface area contributed by atoms with Gasteiger partial charge in [0.2, 0.25) is 0 Å². The number of amides is 1. The van der Waals surface area contributed by atoms with Gasteiger partial charge in [0.15, 0.2) is 5.17 Å². The lowest BCUT2D eigenvalue weighted by molar-refractivity contribution is -0.115. The molecule has 1 aliphatic heterocycles. The molecule has 0 aromatic heterocycles. The summed E-state index contributed by atoms with van der Waals surface area (Å²) in [4.78, 5) is 17.1. The summed E-state index contributed by atoms with van der Waals surface area (Å²) in [6.45, 7) is 0.332. The van der Waals surface area contributed by atoms with Crippen LogP contribution in [0.25, 0.3) is 6.08 Å². The molecule has 0 spiro atoms. The Labute approximate surface area is 195 Å². The van der Waals surface area contributed by atoms with Gasteiger partial charge in [-0.3, -0.25) is 4.79 Å². The number of carbonyl (C=O) groups excluding carboxylic acids is 1. The van der Waals surface area contributed by atoms with E-state index in [1.807, 2.05) is 18.2 Å². The van der Waals surface area contributed by atoms with Gasteiger partial charge in [-0.2, -0.15) is 0 Å². The van der Waals surface area contributed by atoms with Gasteiger partial charge in [0.05, 0.1) is 14.2 Å². The summed E-state index contributed by atoms with van der Waals surface area (Å²) in [5.74, 6) is -0.158. The second kappa shape index (κ2) is 9.61. The molecule has 0 aliphatic carbocycles. The molecule has 1 N–H and O–H groups in total. The molecule has 1 saturated heterocycles. The number of ether oxygens (including phenoxy) is 1. The van der Waals surface area contributed by atoms with Gasteiger partial charge in [-0.05, 0) is 100 Å². The molecular weight excluding hydrogens is 533 g/mol. The number of carbonyl (C=O) groups is 1. The number of hydrogen-bond donors (Lipinski definition) is 1. The van der Waals surface area contributed by atoms with E-state index in [4.69, 9.17) is 4.74 Å². The van der Waals surface area contributed by atoms with E-state index in [0.29, 0.717) is 28.1 Å². The van der Waals surface area contributed by atoms with Crippen LogP contribution in [0.15, 0.2) is 76.6 Å². The molecule has 3 aromatic carbocycles. The van der Waals surface area contributed by atoms with Crippen LogP contribution in [0.4, 0.5) is 14.5 Å². The SMILES string of the molecule is O=C1NC(=Nc2ccc(F)cc2)S/C1=C/c1ccc(OCc2ccc(F)cc2)c(I)c1. The van der Waals surface area contributed by atoms with Crippen molar-refractivity contribution in [1.82, 2.24) is 5.32 Å². The number of amidine groups is 1. The van der Waals surface area contributed by atoms with Crippen LogP contribution in [-0.2, 0) is 11.4 Å². The average Bonchev–Trinajstić information content (AvgIpc) is 3.09. The molecule has 4 nitrogen and oxygen atoms in total. The number of nitrogens with zero attached hydrogens (tertiary/aromatic N) is 1. The third-order valence-corrected chi connectivity index (χ3v) is 6.02. The van der Waals surface area contributed by atoms with Crippen molar-refractivity contribution < 1.29 is 18.3 Å². The van der Waals surface area contributed by atoms with Gasteiger partial charge in [0.1, 0.15) is 24.0 Å². The molecule has 4 rings (SSSR count). The molecule has 1 aliphatic rings. The van der Waals surface area contributed by atoms with Gasteiger partial charge in [-0.25, -0.2) is 13.8 Å². The van der Waals surface area contributed by atoms with Crippen LogP contribution in [0, 0.1) is 15.2 Å². The largest absolute Gasteiger partial charge is 0.488 e. The molecule has 1 amide bonds. The molecule has 0 bridgehead atoms. The van der Waals surface area contributed by atoms with E-state index in [1.54, 1.807) is 30.3 Å². The summed E-state index contributed by atoms with van der Waals surface area (Å²) in [7, 11) is 0. The van der Waals surface area contributed by atoms with Gasteiger partial charge >= 0.3 is 0 Å². The topological polar surface area (TPSA) is 50.7 Å². The Bertz CT molecular complexity index is 1180. The fourth-order valence-corrected chi connectivity index (χ4v) is 4.27. The maximum Gasteiger partial charge on any atom is 0.264 e. The number of halogens is 3. The van der Waals surface area contributed by atoms with E-state index in [0.717, 1.165) is 14.7 Å². The summed E-state index contributed by atoms with van der Waals surface area (Å²) < 4.78 is 32.7. The molecule has 1 fully saturated rings. The maximum absolute atomic E-state index is 13.0. The first-order valence-electron chi connectivity index (χ1n) is 9.18. The van der Waals surface area contributed by atoms with E-state index in [1.165, 1.54) is 36.0 Å². The van der Waals surface area contributed by atoms with Crippen molar-refractivity contribution >= 4 is 57.2 Å². The normalized spacial score (nSPS) is 16.0. The highest BCUT2D eigenvalue weighted by atomic mass is 127. The Morgan fingerprint density at radius 3 is 2.35 bits per heavy atom. The van der Waals surface area contributed by atoms with Crippen molar-refractivity contribution in [2.75, 3.05) is 0 Å². The first-order valence-corrected chi connectivity index (χ1v) is 11.1. The molecule has 0 unspecified atom stereocenters. The van der Waals surface area contributed by atoms with E-state index in [2.05, 4.69) is 32.9 Å². The molecule has 31 heavy (non-hydrogen) atoms. The Hall–Kier alpha value is -2.72. The smallest absolute Gasteiger partial charge is 0.264 e. The second-order valence-corrected chi connectivity index (χ2v) is 8.76. The highest BCUT2D eigenvalue weighted by Crippen LogP contribution is 2.30. The van der Waals surface area contributed by atoms with Gasteiger partial charge in [0, 0.05) is 0 Å². The molecule has 0 atom stereocenters. The van der Waals surface area contributed by atoms with E-state index >= 15 is 0 Å². The van der Waals surface area contributed by atoms with Gasteiger partial charge in [0.25, 0.3) is 5.91 Å². The number of rotatable bonds is 5. The van der Waals surface area contributed by atoms with E-state index in [9.17, 15) is 13.6 Å². The van der Waals surface area contributed by atoms with Gasteiger partial charge in [-0.15, -0.1) is 0 Å². The van der Waals surface area contributed by atoms with E-state index < -0.39 is 0 Å². The van der Waals surface area contributed by atoms with Crippen molar-refractivity contribution in [2.24, 2.45) is 4.99 Å². The molecule has 8 heteroatoms. The highest BCUT2D eigenvalue weighted by Gasteiger charge is 2.23. The summed E-state index contributed by atoms with van der Waals surface area (Å²) in [5, 5.41) is 3.16. The number of benzene rings is 3. The summed E-state index contributed by atoms with van der Waals surface area (Å²) in [6.07, 6.45) is 1.78. The third kappa shape index (κ3) is 5.71. The first-order chi connectivity index (χ1) is 15.0. The van der Waals surface area contributed by atoms with Crippen LogP contribution in [0.5, 0.6) is 5.75 Å². The summed E-state index contributed by atoms with van der Waals surface area (Å²) in [5.41, 5.74) is 2.28. The molecule has 3 aromatic rings. The highest BCUT2D eigenvalue weighted by molar-refractivity contribution is 14.1. The predicted molar refractivity (Wildman–Crippen MR) is 127 cm³/mol. The number of aliphatic imine (C=N–C) groups is 1. The van der Waals surface area contributed by atoms with Crippen molar-refractivity contribution in [2.45, 2.75) is 6.61 Å².